The lowest BCUT2D eigenvalue weighted by atomic mass is 10.1. The van der Waals surface area contributed by atoms with Crippen LogP contribution in [0.5, 0.6) is 0 Å². The number of hydrogen-bond donors (Lipinski definition) is 1. The lowest BCUT2D eigenvalue weighted by Crippen LogP contribution is -2.31. The molecule has 2 rings (SSSR count). The number of hydrogen-bond acceptors (Lipinski definition) is 5. The van der Waals surface area contributed by atoms with Gasteiger partial charge in [0, 0.05) is 19.1 Å². The Morgan fingerprint density at radius 2 is 1.79 bits per heavy atom. The Kier molecular flexibility index (Phi) is 4.80. The topological polar surface area (TPSA) is 54.2 Å². The van der Waals surface area contributed by atoms with Crippen LogP contribution in [-0.2, 0) is 6.54 Å². The van der Waals surface area contributed by atoms with Crippen LogP contribution >= 0.6 is 0 Å². The quantitative estimate of drug-likeness (QED) is 0.783. The number of anilines is 1. The molecule has 1 N–H and O–H groups in total. The average molecular weight is 266 g/mol. The van der Waals surface area contributed by atoms with E-state index in [4.69, 9.17) is 4.42 Å². The van der Waals surface area contributed by atoms with Crippen LogP contribution in [0.3, 0.4) is 0 Å². The predicted molar refractivity (Wildman–Crippen MR) is 76.0 cm³/mol. The summed E-state index contributed by atoms with van der Waals surface area (Å²) in [5.74, 6) is 1.86. The summed E-state index contributed by atoms with van der Waals surface area (Å²) < 4.78 is 5.77. The van der Waals surface area contributed by atoms with Crippen LogP contribution in [0.15, 0.2) is 4.42 Å². The summed E-state index contributed by atoms with van der Waals surface area (Å²) in [6, 6.07) is 1.33. The molecule has 1 heterocycles. The van der Waals surface area contributed by atoms with E-state index in [1.807, 2.05) is 0 Å². The van der Waals surface area contributed by atoms with Gasteiger partial charge in [0.25, 0.3) is 0 Å². The van der Waals surface area contributed by atoms with Gasteiger partial charge in [-0.15, -0.1) is 5.10 Å². The van der Waals surface area contributed by atoms with Crippen LogP contribution in [0, 0.1) is 11.8 Å². The van der Waals surface area contributed by atoms with Crippen LogP contribution in [0.25, 0.3) is 0 Å². The van der Waals surface area contributed by atoms with E-state index < -0.39 is 0 Å². The van der Waals surface area contributed by atoms with Crippen LogP contribution in [-0.4, -0.2) is 29.3 Å². The highest BCUT2D eigenvalue weighted by atomic mass is 16.4. The number of aromatic nitrogens is 2. The molecule has 0 bridgehead atoms. The summed E-state index contributed by atoms with van der Waals surface area (Å²) in [6.07, 6.45) is 2.54. The lowest BCUT2D eigenvalue weighted by molar-refractivity contribution is 0.440. The Bertz CT molecular complexity index is 375. The molecular weight excluding hydrogens is 240 g/mol. The molecule has 5 nitrogen and oxygen atoms in total. The maximum absolute atomic E-state index is 5.77. The van der Waals surface area contributed by atoms with Gasteiger partial charge in [0.2, 0.25) is 5.89 Å². The second-order valence-electron chi connectivity index (χ2n) is 6.33. The van der Waals surface area contributed by atoms with Crippen molar-refractivity contribution in [3.8, 4) is 0 Å². The molecular formula is C14H26N4O. The molecule has 0 aromatic carbocycles. The standard InChI is InChI=1S/C14H26N4O/c1-10(2)8-18(9-11(3)4)14-17-16-13(19-14)7-15-12-5-6-12/h10-12,15H,5-9H2,1-4H3. The van der Waals surface area contributed by atoms with Crippen molar-refractivity contribution in [1.29, 1.82) is 0 Å². The van der Waals surface area contributed by atoms with Crippen molar-refractivity contribution in [2.45, 2.75) is 53.1 Å². The predicted octanol–water partition coefficient (Wildman–Crippen LogP) is 2.44. The summed E-state index contributed by atoms with van der Waals surface area (Å²) in [5, 5.41) is 11.7. The van der Waals surface area contributed by atoms with Crippen LogP contribution < -0.4 is 10.2 Å². The van der Waals surface area contributed by atoms with Crippen molar-refractivity contribution in [3.63, 3.8) is 0 Å². The van der Waals surface area contributed by atoms with Crippen LogP contribution in [0.1, 0.15) is 46.4 Å². The van der Waals surface area contributed by atoms with Crippen molar-refractivity contribution in [2.75, 3.05) is 18.0 Å². The largest absolute Gasteiger partial charge is 0.407 e. The maximum Gasteiger partial charge on any atom is 0.318 e. The molecule has 1 aliphatic rings. The zero-order valence-electron chi connectivity index (χ0n) is 12.5. The maximum atomic E-state index is 5.77. The van der Waals surface area contributed by atoms with E-state index in [2.05, 4.69) is 48.1 Å². The summed E-state index contributed by atoms with van der Waals surface area (Å²) in [4.78, 5) is 2.20. The molecule has 0 amide bonds. The van der Waals surface area contributed by atoms with Gasteiger partial charge in [-0.25, -0.2) is 0 Å². The Hall–Kier alpha value is -1.10. The number of nitrogens with one attached hydrogen (secondary N) is 1. The van der Waals surface area contributed by atoms with E-state index in [1.54, 1.807) is 0 Å². The highest BCUT2D eigenvalue weighted by Crippen LogP contribution is 2.20. The zero-order chi connectivity index (χ0) is 13.8. The number of nitrogens with zero attached hydrogens (tertiary/aromatic N) is 3. The van der Waals surface area contributed by atoms with E-state index >= 15 is 0 Å². The smallest absolute Gasteiger partial charge is 0.318 e. The minimum Gasteiger partial charge on any atom is -0.407 e. The first-order valence-electron chi connectivity index (χ1n) is 7.35. The van der Waals surface area contributed by atoms with Crippen molar-refractivity contribution < 1.29 is 4.42 Å². The molecule has 1 aliphatic carbocycles. The Labute approximate surface area is 115 Å². The summed E-state index contributed by atoms with van der Waals surface area (Å²) >= 11 is 0. The van der Waals surface area contributed by atoms with E-state index in [1.165, 1.54) is 12.8 Å². The molecule has 0 unspecified atom stereocenters. The molecule has 1 saturated carbocycles. The van der Waals surface area contributed by atoms with Gasteiger partial charge in [-0.3, -0.25) is 0 Å². The van der Waals surface area contributed by atoms with Crippen molar-refractivity contribution in [3.05, 3.63) is 5.89 Å². The van der Waals surface area contributed by atoms with E-state index in [0.717, 1.165) is 13.1 Å². The first-order chi connectivity index (χ1) is 9.04. The van der Waals surface area contributed by atoms with E-state index in [-0.39, 0.29) is 0 Å². The third-order valence-electron chi connectivity index (χ3n) is 3.02. The monoisotopic (exact) mass is 266 g/mol. The normalized spacial score (nSPS) is 15.5. The van der Waals surface area contributed by atoms with Gasteiger partial charge < -0.3 is 14.6 Å². The molecule has 1 aromatic rings. The van der Waals surface area contributed by atoms with Gasteiger partial charge in [-0.05, 0) is 24.7 Å². The summed E-state index contributed by atoms with van der Waals surface area (Å²) in [5.41, 5.74) is 0. The molecule has 19 heavy (non-hydrogen) atoms. The fourth-order valence-corrected chi connectivity index (χ4v) is 2.08. The molecule has 0 spiro atoms. The second-order valence-corrected chi connectivity index (χ2v) is 6.33. The molecule has 108 valence electrons. The second kappa shape index (κ2) is 6.37. The minimum atomic E-state index is 0.582. The molecule has 0 radical (unpaired) electrons. The first-order valence-corrected chi connectivity index (χ1v) is 7.35. The average Bonchev–Trinajstić information content (AvgIpc) is 3.02. The molecule has 0 saturated heterocycles. The van der Waals surface area contributed by atoms with Gasteiger partial charge in [-0.2, -0.15) is 0 Å². The molecule has 5 heteroatoms. The van der Waals surface area contributed by atoms with Gasteiger partial charge in [0.05, 0.1) is 6.54 Å². The fraction of sp³-hybridized carbons (Fsp3) is 0.857. The van der Waals surface area contributed by atoms with Gasteiger partial charge >= 0.3 is 6.01 Å². The Balaban J connectivity index is 1.94. The van der Waals surface area contributed by atoms with Crippen molar-refractivity contribution >= 4 is 6.01 Å². The highest BCUT2D eigenvalue weighted by Gasteiger charge is 2.22. The Morgan fingerprint density at radius 1 is 1.16 bits per heavy atom. The lowest BCUT2D eigenvalue weighted by Gasteiger charge is -2.23. The molecule has 1 fully saturated rings. The molecule has 0 atom stereocenters. The molecule has 1 aromatic heterocycles. The van der Waals surface area contributed by atoms with Crippen molar-refractivity contribution in [2.24, 2.45) is 11.8 Å². The van der Waals surface area contributed by atoms with Crippen molar-refractivity contribution in [1.82, 2.24) is 15.5 Å². The summed E-state index contributed by atoms with van der Waals surface area (Å²) in [6.45, 7) is 11.4. The van der Waals surface area contributed by atoms with Crippen LogP contribution in [0.4, 0.5) is 6.01 Å². The van der Waals surface area contributed by atoms with Gasteiger partial charge in [-0.1, -0.05) is 32.8 Å². The Morgan fingerprint density at radius 3 is 2.32 bits per heavy atom. The highest BCUT2D eigenvalue weighted by molar-refractivity contribution is 5.24. The van der Waals surface area contributed by atoms with E-state index in [0.29, 0.717) is 36.3 Å². The third-order valence-corrected chi connectivity index (χ3v) is 3.02. The molecule has 0 aliphatic heterocycles. The minimum absolute atomic E-state index is 0.582. The zero-order valence-corrected chi connectivity index (χ0v) is 12.5. The SMILES string of the molecule is CC(C)CN(CC(C)C)c1nnc(CNC2CC2)o1. The van der Waals surface area contributed by atoms with E-state index in [9.17, 15) is 0 Å². The third kappa shape index (κ3) is 4.82. The van der Waals surface area contributed by atoms with Gasteiger partial charge in [0.15, 0.2) is 0 Å². The fourth-order valence-electron chi connectivity index (χ4n) is 2.08. The first kappa shape index (κ1) is 14.3. The summed E-state index contributed by atoms with van der Waals surface area (Å²) in [7, 11) is 0. The number of rotatable bonds is 8. The van der Waals surface area contributed by atoms with Gasteiger partial charge in [0.1, 0.15) is 0 Å². The van der Waals surface area contributed by atoms with Crippen LogP contribution in [0.2, 0.25) is 0 Å².